The number of rotatable bonds is 5. The van der Waals surface area contributed by atoms with Gasteiger partial charge in [-0.3, -0.25) is 4.79 Å². The van der Waals surface area contributed by atoms with E-state index in [9.17, 15) is 9.90 Å². The normalized spacial score (nSPS) is 29.8. The van der Waals surface area contributed by atoms with Crippen molar-refractivity contribution in [2.75, 3.05) is 13.1 Å². The topological polar surface area (TPSA) is 98.1 Å². The summed E-state index contributed by atoms with van der Waals surface area (Å²) in [6, 6.07) is 0. The summed E-state index contributed by atoms with van der Waals surface area (Å²) in [4.78, 5) is 13.8. The Kier molecular flexibility index (Phi) is 3.94. The van der Waals surface area contributed by atoms with E-state index in [1.165, 1.54) is 0 Å². The monoisotopic (exact) mass is 212 g/mol. The zero-order valence-electron chi connectivity index (χ0n) is 8.81. The molecule has 0 bridgehead atoms. The second-order valence-electron chi connectivity index (χ2n) is 4.12. The number of carboxylic acid groups (broad SMARTS) is 1. The molecular formula is C9H16N4O2. The Morgan fingerprint density at radius 1 is 1.80 bits per heavy atom. The predicted molar refractivity (Wildman–Crippen MR) is 55.4 cm³/mol. The van der Waals surface area contributed by atoms with Gasteiger partial charge in [-0.1, -0.05) is 12.0 Å². The van der Waals surface area contributed by atoms with E-state index in [-0.39, 0.29) is 0 Å². The van der Waals surface area contributed by atoms with E-state index in [4.69, 9.17) is 5.53 Å². The molecule has 2 atom stereocenters. The standard InChI is InChI=1S/C9H16N4O2/c1-7-2-3-9(6-7,8(14)15)11-4-5-12-13-10/h7,11H,2-6H2,1H3,(H,14,15). The van der Waals surface area contributed by atoms with Crippen LogP contribution in [0.4, 0.5) is 0 Å². The van der Waals surface area contributed by atoms with E-state index in [0.29, 0.717) is 31.8 Å². The fourth-order valence-electron chi connectivity index (χ4n) is 2.11. The van der Waals surface area contributed by atoms with E-state index in [2.05, 4.69) is 22.3 Å². The van der Waals surface area contributed by atoms with Crippen molar-refractivity contribution in [3.8, 4) is 0 Å². The number of aliphatic carboxylic acids is 1. The van der Waals surface area contributed by atoms with Gasteiger partial charge in [0.25, 0.3) is 0 Å². The molecule has 0 radical (unpaired) electrons. The fourth-order valence-corrected chi connectivity index (χ4v) is 2.11. The molecule has 0 aromatic heterocycles. The third kappa shape index (κ3) is 2.84. The van der Waals surface area contributed by atoms with Crippen LogP contribution in [-0.4, -0.2) is 29.7 Å². The minimum atomic E-state index is -0.801. The molecule has 2 N–H and O–H groups in total. The first kappa shape index (κ1) is 11.8. The maximum atomic E-state index is 11.2. The zero-order chi connectivity index (χ0) is 11.3. The van der Waals surface area contributed by atoms with E-state index in [1.54, 1.807) is 0 Å². The van der Waals surface area contributed by atoms with Crippen LogP contribution in [0.15, 0.2) is 5.11 Å². The molecule has 0 saturated heterocycles. The molecule has 1 aliphatic carbocycles. The van der Waals surface area contributed by atoms with Crippen molar-refractivity contribution in [3.05, 3.63) is 10.4 Å². The van der Waals surface area contributed by atoms with Crippen LogP contribution in [0.1, 0.15) is 26.2 Å². The van der Waals surface area contributed by atoms with Crippen LogP contribution < -0.4 is 5.32 Å². The van der Waals surface area contributed by atoms with Gasteiger partial charge in [-0.25, -0.2) is 0 Å². The van der Waals surface area contributed by atoms with Crippen molar-refractivity contribution < 1.29 is 9.90 Å². The SMILES string of the molecule is CC1CCC(NCCN=[N+]=[N-])(C(=O)O)C1. The zero-order valence-corrected chi connectivity index (χ0v) is 8.81. The fraction of sp³-hybridized carbons (Fsp3) is 0.889. The number of nitrogens with one attached hydrogen (secondary N) is 1. The molecule has 84 valence electrons. The van der Waals surface area contributed by atoms with Crippen molar-refractivity contribution in [3.63, 3.8) is 0 Å². The first-order valence-corrected chi connectivity index (χ1v) is 5.10. The van der Waals surface area contributed by atoms with Gasteiger partial charge in [0.2, 0.25) is 0 Å². The van der Waals surface area contributed by atoms with Crippen LogP contribution in [0.5, 0.6) is 0 Å². The van der Waals surface area contributed by atoms with Crippen LogP contribution in [-0.2, 0) is 4.79 Å². The van der Waals surface area contributed by atoms with Crippen molar-refractivity contribution in [1.29, 1.82) is 0 Å². The van der Waals surface area contributed by atoms with Crippen LogP contribution in [0.25, 0.3) is 10.4 Å². The minimum absolute atomic E-state index is 0.292. The number of carbonyl (C=O) groups is 1. The number of azide groups is 1. The smallest absolute Gasteiger partial charge is 0.323 e. The van der Waals surface area contributed by atoms with Gasteiger partial charge >= 0.3 is 5.97 Å². The molecule has 0 heterocycles. The highest BCUT2D eigenvalue weighted by Crippen LogP contribution is 2.34. The van der Waals surface area contributed by atoms with Crippen molar-refractivity contribution in [2.24, 2.45) is 11.0 Å². The number of hydrogen-bond acceptors (Lipinski definition) is 3. The predicted octanol–water partition coefficient (Wildman–Crippen LogP) is 1.53. The first-order chi connectivity index (χ1) is 7.10. The summed E-state index contributed by atoms with van der Waals surface area (Å²) in [7, 11) is 0. The molecule has 1 rings (SSSR count). The minimum Gasteiger partial charge on any atom is -0.480 e. The number of hydrogen-bond donors (Lipinski definition) is 2. The molecule has 0 aromatic rings. The Labute approximate surface area is 88.3 Å². The van der Waals surface area contributed by atoms with Gasteiger partial charge in [0.05, 0.1) is 0 Å². The number of carboxylic acids is 1. The Bertz CT molecular complexity index is 288. The molecule has 0 amide bonds. The average molecular weight is 212 g/mol. The van der Waals surface area contributed by atoms with Crippen molar-refractivity contribution in [1.82, 2.24) is 5.32 Å². The maximum Gasteiger partial charge on any atom is 0.323 e. The second-order valence-corrected chi connectivity index (χ2v) is 4.12. The van der Waals surface area contributed by atoms with E-state index >= 15 is 0 Å². The molecule has 6 heteroatoms. The lowest BCUT2D eigenvalue weighted by Crippen LogP contribution is -2.50. The van der Waals surface area contributed by atoms with Crippen LogP contribution in [0.2, 0.25) is 0 Å². The molecule has 1 aliphatic rings. The summed E-state index contributed by atoms with van der Waals surface area (Å²) in [6.07, 6.45) is 2.24. The third-order valence-electron chi connectivity index (χ3n) is 2.91. The largest absolute Gasteiger partial charge is 0.480 e. The van der Waals surface area contributed by atoms with Gasteiger partial charge in [0.1, 0.15) is 5.54 Å². The quantitative estimate of drug-likeness (QED) is 0.313. The first-order valence-electron chi connectivity index (χ1n) is 5.10. The van der Waals surface area contributed by atoms with Gasteiger partial charge in [-0.05, 0) is 30.7 Å². The van der Waals surface area contributed by atoms with Crippen LogP contribution in [0, 0.1) is 5.92 Å². The van der Waals surface area contributed by atoms with Crippen LogP contribution in [0.3, 0.4) is 0 Å². The summed E-state index contributed by atoms with van der Waals surface area (Å²) in [5.41, 5.74) is 7.29. The lowest BCUT2D eigenvalue weighted by Gasteiger charge is -2.25. The highest BCUT2D eigenvalue weighted by atomic mass is 16.4. The average Bonchev–Trinajstić information content (AvgIpc) is 2.56. The third-order valence-corrected chi connectivity index (χ3v) is 2.91. The van der Waals surface area contributed by atoms with Crippen molar-refractivity contribution >= 4 is 5.97 Å². The molecule has 15 heavy (non-hydrogen) atoms. The van der Waals surface area contributed by atoms with E-state index in [1.807, 2.05) is 0 Å². The molecular weight excluding hydrogens is 196 g/mol. The van der Waals surface area contributed by atoms with Crippen LogP contribution >= 0.6 is 0 Å². The Hall–Kier alpha value is -1.26. The molecule has 1 saturated carbocycles. The lowest BCUT2D eigenvalue weighted by molar-refractivity contribution is -0.144. The van der Waals surface area contributed by atoms with Gasteiger partial charge < -0.3 is 10.4 Å². The lowest BCUT2D eigenvalue weighted by atomic mass is 9.96. The Morgan fingerprint density at radius 3 is 3.00 bits per heavy atom. The summed E-state index contributed by atoms with van der Waals surface area (Å²) in [5, 5.41) is 15.5. The summed E-state index contributed by atoms with van der Waals surface area (Å²) < 4.78 is 0. The van der Waals surface area contributed by atoms with Gasteiger partial charge in [-0.15, -0.1) is 0 Å². The highest BCUT2D eigenvalue weighted by Gasteiger charge is 2.43. The van der Waals surface area contributed by atoms with Gasteiger partial charge in [-0.2, -0.15) is 0 Å². The molecule has 1 fully saturated rings. The summed E-state index contributed by atoms with van der Waals surface area (Å²) >= 11 is 0. The van der Waals surface area contributed by atoms with Gasteiger partial charge in [0.15, 0.2) is 0 Å². The number of nitrogens with zero attached hydrogens (tertiary/aromatic N) is 3. The molecule has 0 aromatic carbocycles. The highest BCUT2D eigenvalue weighted by molar-refractivity contribution is 5.79. The van der Waals surface area contributed by atoms with E-state index in [0.717, 1.165) is 6.42 Å². The summed E-state index contributed by atoms with van der Waals surface area (Å²) in [5.74, 6) is -0.360. The van der Waals surface area contributed by atoms with E-state index < -0.39 is 11.5 Å². The maximum absolute atomic E-state index is 11.2. The van der Waals surface area contributed by atoms with Crippen molar-refractivity contribution in [2.45, 2.75) is 31.7 Å². The molecule has 6 nitrogen and oxygen atoms in total. The Morgan fingerprint density at radius 2 is 2.53 bits per heavy atom. The Balaban J connectivity index is 2.51. The summed E-state index contributed by atoms with van der Waals surface area (Å²) in [6.45, 7) is 2.77. The second kappa shape index (κ2) is 5.00. The molecule has 0 aliphatic heterocycles. The molecule has 0 spiro atoms. The van der Waals surface area contributed by atoms with Gasteiger partial charge in [0, 0.05) is 18.0 Å². The molecule has 2 unspecified atom stereocenters.